The van der Waals surface area contributed by atoms with Crippen LogP contribution in [0.5, 0.6) is 0 Å². The van der Waals surface area contributed by atoms with Crippen molar-refractivity contribution in [3.05, 3.63) is 4.91 Å². The lowest BCUT2D eigenvalue weighted by molar-refractivity contribution is -0.822. The second kappa shape index (κ2) is 11.5. The monoisotopic (exact) mass is 524 g/mol. The zero-order valence-electron chi connectivity index (χ0n) is 22.5. The zero-order chi connectivity index (χ0) is 27.5. The molecule has 0 aromatic heterocycles. The van der Waals surface area contributed by atoms with Crippen molar-refractivity contribution in [2.24, 2.45) is 39.6 Å². The molecule has 6 atom stereocenters. The van der Waals surface area contributed by atoms with Crippen molar-refractivity contribution in [2.45, 2.75) is 90.4 Å². The predicted octanol–water partition coefficient (Wildman–Crippen LogP) is -0.00410. The molecule has 13 nitrogen and oxygen atoms in total. The molecular weight excluding hydrogens is 481 g/mol. The summed E-state index contributed by atoms with van der Waals surface area (Å²) in [4.78, 5) is 39.8. The first-order valence-corrected chi connectivity index (χ1v) is 13.1. The van der Waals surface area contributed by atoms with Gasteiger partial charge in [0.25, 0.3) is 5.96 Å². The molecule has 3 saturated carbocycles. The molecule has 4 rings (SSSR count). The number of hydrogen-bond acceptors (Lipinski definition) is 7. The summed E-state index contributed by atoms with van der Waals surface area (Å²) in [5.74, 6) is -0.185. The fraction of sp³-hybridized carbons (Fsp3) is 0.870. The largest absolute Gasteiger partial charge is 0.481 e. The molecule has 0 aromatic carbocycles. The number of nitrogens with two attached hydrogens (primary N) is 2. The molecule has 37 heavy (non-hydrogen) atoms. The maximum atomic E-state index is 13.4. The van der Waals surface area contributed by atoms with Crippen molar-refractivity contribution in [2.75, 3.05) is 13.1 Å². The minimum Gasteiger partial charge on any atom is -0.404 e. The molecule has 2 amide bonds. The molecule has 0 unspecified atom stereocenters. The van der Waals surface area contributed by atoms with Gasteiger partial charge in [0.15, 0.2) is 0 Å². The maximum absolute atomic E-state index is 13.4. The molecule has 1 saturated heterocycles. The Morgan fingerprint density at radius 3 is 2.54 bits per heavy atom. The Balaban J connectivity index is 1.66. The number of rotatable bonds is 12. The zero-order valence-corrected chi connectivity index (χ0v) is 22.5. The molecule has 3 aliphatic carbocycles. The van der Waals surface area contributed by atoms with Gasteiger partial charge in [0.1, 0.15) is 10.9 Å². The molecule has 1 aliphatic heterocycles. The van der Waals surface area contributed by atoms with Gasteiger partial charge in [-0.25, -0.2) is 10.2 Å². The lowest BCUT2D eigenvalue weighted by atomic mass is 9.43. The highest BCUT2D eigenvalue weighted by molar-refractivity contribution is 6.47. The van der Waals surface area contributed by atoms with Crippen LogP contribution in [-0.2, 0) is 18.9 Å². The van der Waals surface area contributed by atoms with E-state index in [2.05, 4.69) is 50.2 Å². The highest BCUT2D eigenvalue weighted by Crippen LogP contribution is 2.65. The summed E-state index contributed by atoms with van der Waals surface area (Å²) in [7, 11) is -0.577. The van der Waals surface area contributed by atoms with E-state index >= 15 is 0 Å². The van der Waals surface area contributed by atoms with E-state index < -0.39 is 35.6 Å². The number of hydrogen-bond donors (Lipinski definition) is 6. The van der Waals surface area contributed by atoms with Gasteiger partial charge in [0, 0.05) is 6.54 Å². The predicted molar refractivity (Wildman–Crippen MR) is 137 cm³/mol. The van der Waals surface area contributed by atoms with Crippen molar-refractivity contribution >= 4 is 24.9 Å². The normalized spacial score (nSPS) is 29.6. The van der Waals surface area contributed by atoms with Crippen molar-refractivity contribution < 1.29 is 29.1 Å². The van der Waals surface area contributed by atoms with Gasteiger partial charge in [-0.15, -0.1) is 0 Å². The fourth-order valence-electron chi connectivity index (χ4n) is 6.25. The molecule has 2 bridgehead atoms. The van der Waals surface area contributed by atoms with E-state index in [1.165, 1.54) is 0 Å². The fourth-order valence-corrected chi connectivity index (χ4v) is 6.25. The molecule has 14 heteroatoms. The SMILES string of the molecule is CC(C)C[C@H](NC(=O)[C@H](CCCN=C(N)N[N+](=O)O)NC(=O)CN)B1O[C@@H]2C[C@@H]3C[C@@H](C3(C)C)[C@]2(C)O1. The number of carbonyl (C=O) groups excluding carboxylic acids is 2. The van der Waals surface area contributed by atoms with Crippen LogP contribution >= 0.6 is 0 Å². The summed E-state index contributed by atoms with van der Waals surface area (Å²) in [6, 6.07) is -0.852. The van der Waals surface area contributed by atoms with Crippen LogP contribution in [0.15, 0.2) is 4.99 Å². The van der Waals surface area contributed by atoms with Gasteiger partial charge < -0.3 is 31.4 Å². The number of nitrogens with one attached hydrogen (secondary N) is 3. The Labute approximate surface area is 218 Å². The van der Waals surface area contributed by atoms with Gasteiger partial charge >= 0.3 is 12.2 Å². The van der Waals surface area contributed by atoms with Gasteiger partial charge in [-0.05, 0) is 67.6 Å². The summed E-state index contributed by atoms with van der Waals surface area (Å²) in [6.07, 6.45) is 3.36. The molecule has 4 fully saturated rings. The summed E-state index contributed by atoms with van der Waals surface area (Å²) in [5.41, 5.74) is 12.6. The number of carbonyl (C=O) groups is 2. The average Bonchev–Trinajstić information content (AvgIpc) is 3.16. The Morgan fingerprint density at radius 1 is 1.24 bits per heavy atom. The lowest BCUT2D eigenvalue weighted by Gasteiger charge is -2.64. The smallest absolute Gasteiger partial charge is 0.404 e. The minimum absolute atomic E-state index is 0.00512. The molecule has 0 spiro atoms. The number of hydrazine groups is 1. The quantitative estimate of drug-likeness (QED) is 0.0670. The third-order valence-electron chi connectivity index (χ3n) is 8.33. The maximum Gasteiger partial charge on any atom is 0.481 e. The van der Waals surface area contributed by atoms with E-state index in [0.29, 0.717) is 24.7 Å². The van der Waals surface area contributed by atoms with Gasteiger partial charge in [0.05, 0.1) is 24.2 Å². The van der Waals surface area contributed by atoms with Gasteiger partial charge in [-0.2, -0.15) is 0 Å². The standard InChI is InChI=1S/C23H42BN7O6/c1-13(2)9-18(24-36-17-11-14-10-16(22(14,3)4)23(17,5)37-24)29-20(33)15(28-19(32)12-25)7-6-8-27-21(26)30-31(34)35/h13-18H,6-12,25H2,1-5H3,(H5-,26,27,28,29,30,32,33,34,35)/p+1/t14-,15-,16-,17+,18-,23-/m0/s1. The topological polar surface area (TPSA) is 193 Å². The second-order valence-corrected chi connectivity index (χ2v) is 11.7. The number of aliphatic imine (C=N–C) groups is 1. The van der Waals surface area contributed by atoms with E-state index in [4.69, 9.17) is 26.0 Å². The van der Waals surface area contributed by atoms with Crippen molar-refractivity contribution in [1.82, 2.24) is 16.1 Å². The third-order valence-corrected chi connectivity index (χ3v) is 8.33. The van der Waals surface area contributed by atoms with Crippen LogP contribution in [0.25, 0.3) is 0 Å². The Morgan fingerprint density at radius 2 is 1.95 bits per heavy atom. The molecule has 208 valence electrons. The molecule has 0 aromatic rings. The third kappa shape index (κ3) is 6.53. The first-order chi connectivity index (χ1) is 17.3. The van der Waals surface area contributed by atoms with E-state index in [9.17, 15) is 14.5 Å². The Bertz CT molecular complexity index is 903. The van der Waals surface area contributed by atoms with Crippen molar-refractivity contribution in [3.63, 3.8) is 0 Å². The van der Waals surface area contributed by atoms with Crippen LogP contribution in [0.4, 0.5) is 0 Å². The van der Waals surface area contributed by atoms with E-state index in [-0.39, 0.29) is 48.8 Å². The van der Waals surface area contributed by atoms with Crippen molar-refractivity contribution in [3.8, 4) is 0 Å². The van der Waals surface area contributed by atoms with E-state index in [0.717, 1.165) is 12.8 Å². The molecule has 1 heterocycles. The Hall–Kier alpha value is -2.45. The second-order valence-electron chi connectivity index (χ2n) is 11.7. The van der Waals surface area contributed by atoms with Gasteiger partial charge in [-0.1, -0.05) is 27.7 Å². The van der Waals surface area contributed by atoms with E-state index in [1.807, 2.05) is 5.43 Å². The van der Waals surface area contributed by atoms with Crippen LogP contribution in [0.3, 0.4) is 0 Å². The van der Waals surface area contributed by atoms with Crippen LogP contribution in [0.2, 0.25) is 0 Å². The highest BCUT2D eigenvalue weighted by Gasteiger charge is 2.68. The number of guanidine groups is 1. The summed E-state index contributed by atoms with van der Waals surface area (Å²) in [5, 5.41) is 13.8. The van der Waals surface area contributed by atoms with Crippen LogP contribution < -0.4 is 27.5 Å². The lowest BCUT2D eigenvalue weighted by Crippen LogP contribution is -2.65. The van der Waals surface area contributed by atoms with Crippen LogP contribution in [0, 0.1) is 28.1 Å². The summed E-state index contributed by atoms with van der Waals surface area (Å²) < 4.78 is 13.0. The summed E-state index contributed by atoms with van der Waals surface area (Å²) in [6.45, 7) is 10.8. The van der Waals surface area contributed by atoms with E-state index in [1.54, 1.807) is 0 Å². The van der Waals surface area contributed by atoms with Crippen LogP contribution in [0.1, 0.15) is 66.7 Å². The molecule has 0 radical (unpaired) electrons. The summed E-state index contributed by atoms with van der Waals surface area (Å²) >= 11 is 0. The van der Waals surface area contributed by atoms with Crippen molar-refractivity contribution in [1.29, 1.82) is 0 Å². The molecular formula is C23H43BN7O6+. The van der Waals surface area contributed by atoms with Gasteiger partial charge in [-0.3, -0.25) is 9.59 Å². The Kier molecular flexibility index (Phi) is 9.07. The number of nitrogens with zero attached hydrogens (tertiary/aromatic N) is 2. The van der Waals surface area contributed by atoms with Gasteiger partial charge in [0.2, 0.25) is 11.8 Å². The van der Waals surface area contributed by atoms with Crippen LogP contribution in [-0.4, -0.2) is 71.9 Å². The first kappa shape index (κ1) is 29.1. The highest BCUT2D eigenvalue weighted by atomic mass is 16.7. The first-order valence-electron chi connectivity index (χ1n) is 13.1. The molecule has 4 aliphatic rings. The average molecular weight is 524 g/mol. The minimum atomic E-state index is -0.852. The molecule has 8 N–H and O–H groups in total. The number of amides is 2.